The Balaban J connectivity index is 1.43. The van der Waals surface area contributed by atoms with Crippen molar-refractivity contribution in [3.05, 3.63) is 71.7 Å². The van der Waals surface area contributed by atoms with Gasteiger partial charge in [0.2, 0.25) is 5.91 Å². The molecule has 1 aliphatic heterocycles. The maximum Gasteiger partial charge on any atom is 0.254 e. The summed E-state index contributed by atoms with van der Waals surface area (Å²) in [6, 6.07) is 9.67. The summed E-state index contributed by atoms with van der Waals surface area (Å²) in [6.45, 7) is 3.38. The topological polar surface area (TPSA) is 101 Å². The van der Waals surface area contributed by atoms with Crippen molar-refractivity contribution < 1.29 is 19.1 Å². The molecule has 3 heterocycles. The number of phenolic OH excluding ortho intramolecular Hbond substituents is 1. The predicted octanol–water partition coefficient (Wildman–Crippen LogP) is 2.26. The fraction of sp³-hybridized carbons (Fsp3) is 0.286. The Bertz CT molecular complexity index is 1030. The third-order valence-electron chi connectivity index (χ3n) is 5.02. The van der Waals surface area contributed by atoms with Gasteiger partial charge in [0.05, 0.1) is 31.0 Å². The lowest BCUT2D eigenvalue weighted by Crippen LogP contribution is -2.41. The molecule has 3 aromatic rings. The van der Waals surface area contributed by atoms with Crippen LogP contribution in [0.2, 0.25) is 0 Å². The van der Waals surface area contributed by atoms with Crippen LogP contribution in [0.3, 0.4) is 0 Å². The minimum absolute atomic E-state index is 0.0601. The largest absolute Gasteiger partial charge is 0.508 e. The Morgan fingerprint density at radius 2 is 2.14 bits per heavy atom. The van der Waals surface area contributed by atoms with Crippen LogP contribution in [0.25, 0.3) is 0 Å². The molecule has 1 aliphatic rings. The molecule has 1 aromatic carbocycles. The van der Waals surface area contributed by atoms with Crippen LogP contribution < -0.4 is 5.32 Å². The van der Waals surface area contributed by atoms with Gasteiger partial charge >= 0.3 is 0 Å². The molecular formula is C21H22N4O4. The first-order valence-corrected chi connectivity index (χ1v) is 9.46. The predicted molar refractivity (Wildman–Crippen MR) is 104 cm³/mol. The average molecular weight is 394 g/mol. The van der Waals surface area contributed by atoms with Crippen LogP contribution in [-0.2, 0) is 24.3 Å². The first-order valence-electron chi connectivity index (χ1n) is 9.46. The molecule has 0 spiro atoms. The van der Waals surface area contributed by atoms with Crippen molar-refractivity contribution in [3.63, 3.8) is 0 Å². The fourth-order valence-corrected chi connectivity index (χ4v) is 3.54. The van der Waals surface area contributed by atoms with Crippen molar-refractivity contribution in [2.45, 2.75) is 32.5 Å². The number of aromatic hydroxyl groups is 1. The van der Waals surface area contributed by atoms with Crippen LogP contribution in [0, 0.1) is 0 Å². The van der Waals surface area contributed by atoms with Crippen molar-refractivity contribution in [2.24, 2.45) is 0 Å². The zero-order chi connectivity index (χ0) is 20.4. The summed E-state index contributed by atoms with van der Waals surface area (Å²) < 4.78 is 7.20. The lowest BCUT2D eigenvalue weighted by Gasteiger charge is -2.33. The maximum absolute atomic E-state index is 12.9. The van der Waals surface area contributed by atoms with Crippen LogP contribution in [0.15, 0.2) is 53.3 Å². The monoisotopic (exact) mass is 394 g/mol. The smallest absolute Gasteiger partial charge is 0.254 e. The number of hydrogen-bond donors (Lipinski definition) is 2. The second-order valence-electron chi connectivity index (χ2n) is 7.04. The number of nitrogens with one attached hydrogen (secondary N) is 1. The van der Waals surface area contributed by atoms with E-state index in [-0.39, 0.29) is 30.0 Å². The first kappa shape index (κ1) is 18.8. The van der Waals surface area contributed by atoms with Gasteiger partial charge in [-0.05, 0) is 37.3 Å². The molecule has 0 bridgehead atoms. The summed E-state index contributed by atoms with van der Waals surface area (Å²) in [5.41, 5.74) is 1.10. The number of fused-ring (bicyclic) bond motifs is 1. The van der Waals surface area contributed by atoms with E-state index in [1.807, 2.05) is 17.7 Å². The van der Waals surface area contributed by atoms with Crippen molar-refractivity contribution in [1.29, 1.82) is 0 Å². The normalized spacial score (nSPS) is 15.8. The number of benzene rings is 1. The summed E-state index contributed by atoms with van der Waals surface area (Å²) in [5.74, 6) is 1.21. The number of hydrogen-bond acceptors (Lipinski definition) is 5. The number of nitrogens with zero attached hydrogens (tertiary/aromatic N) is 3. The number of amides is 2. The highest BCUT2D eigenvalue weighted by Gasteiger charge is 2.30. The number of furan rings is 1. The molecule has 4 rings (SSSR count). The summed E-state index contributed by atoms with van der Waals surface area (Å²) in [5, 5.41) is 12.5. The van der Waals surface area contributed by atoms with E-state index in [2.05, 4.69) is 10.3 Å². The maximum atomic E-state index is 12.9. The standard InChI is InChI=1S/C21H22N4O4/c1-14-20-23-16(11-19(27)22-12-18-6-3-9-29-18)13-24(20)7-8-25(14)21(28)15-4-2-5-17(26)10-15/h2-6,9-10,13-14,26H,7-8,11-12H2,1H3,(H,22,27)/t14-/m0/s1. The Morgan fingerprint density at radius 3 is 2.90 bits per heavy atom. The van der Waals surface area contributed by atoms with E-state index in [0.717, 1.165) is 5.82 Å². The number of carbonyl (C=O) groups is 2. The number of phenols is 1. The molecule has 0 saturated heterocycles. The van der Waals surface area contributed by atoms with Gasteiger partial charge in [-0.3, -0.25) is 9.59 Å². The average Bonchev–Trinajstić information content (AvgIpc) is 3.36. The SMILES string of the molecule is C[C@H]1c2nc(CC(=O)NCc3ccco3)cn2CCN1C(=O)c1cccc(O)c1. The molecule has 29 heavy (non-hydrogen) atoms. The molecule has 2 amide bonds. The highest BCUT2D eigenvalue weighted by molar-refractivity contribution is 5.94. The van der Waals surface area contributed by atoms with Gasteiger partial charge in [-0.1, -0.05) is 6.07 Å². The molecule has 8 nitrogen and oxygen atoms in total. The number of carbonyl (C=O) groups excluding carboxylic acids is 2. The van der Waals surface area contributed by atoms with Crippen molar-refractivity contribution in [2.75, 3.05) is 6.54 Å². The third-order valence-corrected chi connectivity index (χ3v) is 5.02. The summed E-state index contributed by atoms with van der Waals surface area (Å²) in [6.07, 6.45) is 3.60. The van der Waals surface area contributed by atoms with Gasteiger partial charge in [0, 0.05) is 24.8 Å². The Morgan fingerprint density at radius 1 is 1.28 bits per heavy atom. The second-order valence-corrected chi connectivity index (χ2v) is 7.04. The van der Waals surface area contributed by atoms with E-state index in [0.29, 0.717) is 36.7 Å². The minimum atomic E-state index is -0.237. The molecule has 0 unspecified atom stereocenters. The molecule has 150 valence electrons. The van der Waals surface area contributed by atoms with Gasteiger partial charge in [-0.15, -0.1) is 0 Å². The molecule has 2 aromatic heterocycles. The van der Waals surface area contributed by atoms with Gasteiger partial charge in [0.1, 0.15) is 17.3 Å². The Hall–Kier alpha value is -3.55. The number of rotatable bonds is 5. The molecular weight excluding hydrogens is 372 g/mol. The molecule has 0 saturated carbocycles. The van der Waals surface area contributed by atoms with Gasteiger partial charge in [0.15, 0.2) is 0 Å². The van der Waals surface area contributed by atoms with Crippen molar-refractivity contribution in [3.8, 4) is 5.75 Å². The first-order chi connectivity index (χ1) is 14.0. The Kier molecular flexibility index (Phi) is 5.07. The van der Waals surface area contributed by atoms with Gasteiger partial charge in [-0.25, -0.2) is 4.98 Å². The van der Waals surface area contributed by atoms with E-state index in [4.69, 9.17) is 4.42 Å². The van der Waals surface area contributed by atoms with Crippen LogP contribution in [-0.4, -0.2) is 37.9 Å². The van der Waals surface area contributed by atoms with E-state index < -0.39 is 0 Å². The molecule has 0 fully saturated rings. The van der Waals surface area contributed by atoms with Gasteiger partial charge < -0.3 is 24.3 Å². The summed E-state index contributed by atoms with van der Waals surface area (Å²) in [7, 11) is 0. The second kappa shape index (κ2) is 7.83. The fourth-order valence-electron chi connectivity index (χ4n) is 3.54. The summed E-state index contributed by atoms with van der Waals surface area (Å²) >= 11 is 0. The molecule has 0 radical (unpaired) electrons. The van der Waals surface area contributed by atoms with E-state index in [9.17, 15) is 14.7 Å². The van der Waals surface area contributed by atoms with Crippen LogP contribution >= 0.6 is 0 Å². The zero-order valence-corrected chi connectivity index (χ0v) is 16.0. The minimum Gasteiger partial charge on any atom is -0.508 e. The summed E-state index contributed by atoms with van der Waals surface area (Å²) in [4.78, 5) is 31.4. The molecule has 1 atom stereocenters. The molecule has 8 heteroatoms. The number of imidazole rings is 1. The lowest BCUT2D eigenvalue weighted by atomic mass is 10.1. The van der Waals surface area contributed by atoms with Crippen molar-refractivity contribution in [1.82, 2.24) is 19.8 Å². The van der Waals surface area contributed by atoms with Crippen LogP contribution in [0.4, 0.5) is 0 Å². The van der Waals surface area contributed by atoms with E-state index >= 15 is 0 Å². The highest BCUT2D eigenvalue weighted by atomic mass is 16.3. The highest BCUT2D eigenvalue weighted by Crippen LogP contribution is 2.27. The zero-order valence-electron chi connectivity index (χ0n) is 16.0. The lowest BCUT2D eigenvalue weighted by molar-refractivity contribution is -0.120. The quantitative estimate of drug-likeness (QED) is 0.691. The van der Waals surface area contributed by atoms with Crippen molar-refractivity contribution >= 4 is 11.8 Å². The van der Waals surface area contributed by atoms with Crippen LogP contribution in [0.1, 0.15) is 40.6 Å². The Labute approximate surface area is 167 Å². The number of aromatic nitrogens is 2. The molecule has 2 N–H and O–H groups in total. The van der Waals surface area contributed by atoms with E-state index in [1.165, 1.54) is 12.1 Å². The van der Waals surface area contributed by atoms with Gasteiger partial charge in [-0.2, -0.15) is 0 Å². The van der Waals surface area contributed by atoms with Crippen LogP contribution in [0.5, 0.6) is 5.75 Å². The van der Waals surface area contributed by atoms with E-state index in [1.54, 1.807) is 35.4 Å². The van der Waals surface area contributed by atoms with Gasteiger partial charge in [0.25, 0.3) is 5.91 Å². The molecule has 0 aliphatic carbocycles. The third kappa shape index (κ3) is 4.01.